The molecule has 2 aromatic rings. The number of hydrogen-bond donors (Lipinski definition) is 1. The summed E-state index contributed by atoms with van der Waals surface area (Å²) in [6.45, 7) is 0.403. The van der Waals surface area contributed by atoms with Gasteiger partial charge in [0.05, 0.1) is 5.52 Å². The van der Waals surface area contributed by atoms with Crippen LogP contribution in [-0.4, -0.2) is 23.5 Å². The fraction of sp³-hybridized carbons (Fsp3) is 0.154. The minimum Gasteiger partial charge on any atom is -0.294 e. The summed E-state index contributed by atoms with van der Waals surface area (Å²) >= 11 is 3.32. The number of amides is 3. The summed E-state index contributed by atoms with van der Waals surface area (Å²) in [5.41, 5.74) is 1.62. The first kappa shape index (κ1) is 12.1. The number of anilines is 1. The molecule has 0 spiro atoms. The molecule has 1 N–H and O–H groups in total. The average molecular weight is 320 g/mol. The van der Waals surface area contributed by atoms with Crippen LogP contribution in [0.1, 0.15) is 6.42 Å². The van der Waals surface area contributed by atoms with Crippen molar-refractivity contribution in [1.29, 1.82) is 0 Å². The van der Waals surface area contributed by atoms with E-state index in [1.807, 2.05) is 30.3 Å². The summed E-state index contributed by atoms with van der Waals surface area (Å²) in [7, 11) is 0. The number of imide groups is 1. The number of nitrogens with one attached hydrogen (secondary N) is 1. The predicted molar refractivity (Wildman–Crippen MR) is 74.9 cm³/mol. The van der Waals surface area contributed by atoms with Crippen LogP contribution in [0.25, 0.3) is 10.9 Å². The number of carbonyl (C=O) groups excluding carboxylic acids is 2. The first-order valence-corrected chi connectivity index (χ1v) is 6.60. The summed E-state index contributed by atoms with van der Waals surface area (Å²) in [5, 5.41) is 3.26. The van der Waals surface area contributed by atoms with E-state index < -0.39 is 0 Å². The molecule has 1 aromatic carbocycles. The van der Waals surface area contributed by atoms with Gasteiger partial charge < -0.3 is 0 Å². The van der Waals surface area contributed by atoms with Crippen molar-refractivity contribution in [2.24, 2.45) is 0 Å². The molecule has 0 unspecified atom stereocenters. The predicted octanol–water partition coefficient (Wildman–Crippen LogP) is 2.44. The molecule has 3 amide bonds. The molecule has 0 aliphatic carbocycles. The van der Waals surface area contributed by atoms with Gasteiger partial charge in [-0.2, -0.15) is 0 Å². The first-order valence-electron chi connectivity index (χ1n) is 5.81. The second kappa shape index (κ2) is 4.62. The lowest BCUT2D eigenvalue weighted by atomic mass is 10.1. The lowest BCUT2D eigenvalue weighted by molar-refractivity contribution is -0.120. The third-order valence-electron chi connectivity index (χ3n) is 3.00. The van der Waals surface area contributed by atoms with Gasteiger partial charge in [-0.15, -0.1) is 0 Å². The van der Waals surface area contributed by atoms with Crippen molar-refractivity contribution in [2.75, 3.05) is 11.4 Å². The molecule has 19 heavy (non-hydrogen) atoms. The van der Waals surface area contributed by atoms with Gasteiger partial charge in [-0.05, 0) is 40.2 Å². The number of nitrogens with zero attached hydrogens (tertiary/aromatic N) is 2. The second-order valence-electron chi connectivity index (χ2n) is 4.27. The molecule has 0 atom stereocenters. The van der Waals surface area contributed by atoms with E-state index in [1.54, 1.807) is 4.90 Å². The van der Waals surface area contributed by atoms with Crippen LogP contribution in [0.2, 0.25) is 0 Å². The average Bonchev–Trinajstić information content (AvgIpc) is 2.38. The molecule has 0 bridgehead atoms. The van der Waals surface area contributed by atoms with Gasteiger partial charge in [0, 0.05) is 24.0 Å². The normalized spacial score (nSPS) is 15.7. The molecule has 2 heterocycles. The summed E-state index contributed by atoms with van der Waals surface area (Å²) in [6.07, 6.45) is 0.322. The van der Waals surface area contributed by atoms with Crippen molar-refractivity contribution in [2.45, 2.75) is 6.42 Å². The highest BCUT2D eigenvalue weighted by Gasteiger charge is 2.24. The zero-order valence-corrected chi connectivity index (χ0v) is 11.5. The van der Waals surface area contributed by atoms with E-state index in [9.17, 15) is 9.59 Å². The molecule has 6 heteroatoms. The lowest BCUT2D eigenvalue weighted by Crippen LogP contribution is -2.49. The number of rotatable bonds is 1. The Kier molecular flexibility index (Phi) is 2.94. The Bertz CT molecular complexity index is 687. The van der Waals surface area contributed by atoms with Crippen LogP contribution < -0.4 is 10.2 Å². The molecule has 1 fully saturated rings. The van der Waals surface area contributed by atoms with Crippen molar-refractivity contribution in [1.82, 2.24) is 10.3 Å². The van der Waals surface area contributed by atoms with Gasteiger partial charge in [0.25, 0.3) is 0 Å². The van der Waals surface area contributed by atoms with Gasteiger partial charge in [-0.3, -0.25) is 15.0 Å². The number of halogens is 1. The summed E-state index contributed by atoms with van der Waals surface area (Å²) in [5.74, 6) is -0.229. The Morgan fingerprint density at radius 3 is 2.84 bits per heavy atom. The van der Waals surface area contributed by atoms with Crippen molar-refractivity contribution >= 4 is 44.5 Å². The van der Waals surface area contributed by atoms with E-state index in [0.29, 0.717) is 13.0 Å². The molecular formula is C13H10BrN3O2. The van der Waals surface area contributed by atoms with E-state index in [1.165, 1.54) is 0 Å². The Balaban J connectivity index is 1.99. The maximum atomic E-state index is 11.8. The monoisotopic (exact) mass is 319 g/mol. The van der Waals surface area contributed by atoms with Crippen molar-refractivity contribution in [3.8, 4) is 0 Å². The van der Waals surface area contributed by atoms with Crippen LogP contribution in [0, 0.1) is 0 Å². The molecule has 0 radical (unpaired) electrons. The van der Waals surface area contributed by atoms with Crippen LogP contribution in [-0.2, 0) is 4.79 Å². The van der Waals surface area contributed by atoms with E-state index in [0.717, 1.165) is 21.2 Å². The Morgan fingerprint density at radius 1 is 1.21 bits per heavy atom. The van der Waals surface area contributed by atoms with E-state index in [2.05, 4.69) is 26.2 Å². The fourth-order valence-electron chi connectivity index (χ4n) is 2.07. The topological polar surface area (TPSA) is 62.3 Å². The van der Waals surface area contributed by atoms with E-state index in [4.69, 9.17) is 0 Å². The molecule has 5 nitrogen and oxygen atoms in total. The Labute approximate surface area is 117 Å². The number of pyridine rings is 1. The van der Waals surface area contributed by atoms with Gasteiger partial charge in [-0.1, -0.05) is 6.07 Å². The maximum absolute atomic E-state index is 11.8. The largest absolute Gasteiger partial charge is 0.328 e. The van der Waals surface area contributed by atoms with Gasteiger partial charge in [-0.25, -0.2) is 9.78 Å². The number of hydrogen-bond acceptors (Lipinski definition) is 3. The zero-order valence-electron chi connectivity index (χ0n) is 9.89. The fourth-order valence-corrected chi connectivity index (χ4v) is 2.39. The minimum atomic E-state index is -0.374. The van der Waals surface area contributed by atoms with Crippen LogP contribution in [0.5, 0.6) is 0 Å². The number of benzene rings is 1. The van der Waals surface area contributed by atoms with Crippen molar-refractivity contribution < 1.29 is 9.59 Å². The van der Waals surface area contributed by atoms with E-state index in [-0.39, 0.29) is 11.9 Å². The molecule has 1 saturated heterocycles. The Hall–Kier alpha value is -1.95. The van der Waals surface area contributed by atoms with Gasteiger partial charge in [0.15, 0.2) is 0 Å². The number of aromatic nitrogens is 1. The third kappa shape index (κ3) is 2.31. The van der Waals surface area contributed by atoms with Crippen LogP contribution in [0.3, 0.4) is 0 Å². The van der Waals surface area contributed by atoms with Crippen LogP contribution in [0.15, 0.2) is 34.9 Å². The smallest absolute Gasteiger partial charge is 0.294 e. The Morgan fingerprint density at radius 2 is 2.05 bits per heavy atom. The van der Waals surface area contributed by atoms with Crippen molar-refractivity contribution in [3.63, 3.8) is 0 Å². The van der Waals surface area contributed by atoms with Gasteiger partial charge in [0.1, 0.15) is 4.60 Å². The highest BCUT2D eigenvalue weighted by Crippen LogP contribution is 2.23. The molecule has 1 aliphatic heterocycles. The SMILES string of the molecule is O=C1CCN(c2ccc3nc(Br)ccc3c2)C(=O)N1. The van der Waals surface area contributed by atoms with Crippen LogP contribution >= 0.6 is 15.9 Å². The molecule has 0 saturated carbocycles. The summed E-state index contributed by atoms with van der Waals surface area (Å²) < 4.78 is 0.772. The van der Waals surface area contributed by atoms with Crippen LogP contribution in [0.4, 0.5) is 10.5 Å². The number of fused-ring (bicyclic) bond motifs is 1. The molecule has 3 rings (SSSR count). The summed E-state index contributed by atoms with van der Waals surface area (Å²) in [6, 6.07) is 9.00. The quantitative estimate of drug-likeness (QED) is 0.821. The van der Waals surface area contributed by atoms with Crippen molar-refractivity contribution in [3.05, 3.63) is 34.9 Å². The highest BCUT2D eigenvalue weighted by atomic mass is 79.9. The first-order chi connectivity index (χ1) is 9.13. The van der Waals surface area contributed by atoms with Gasteiger partial charge >= 0.3 is 6.03 Å². The zero-order chi connectivity index (χ0) is 13.4. The molecule has 96 valence electrons. The maximum Gasteiger partial charge on any atom is 0.328 e. The number of urea groups is 1. The number of carbonyl (C=O) groups is 2. The molecule has 1 aromatic heterocycles. The summed E-state index contributed by atoms with van der Waals surface area (Å²) in [4.78, 5) is 28.8. The molecule has 1 aliphatic rings. The van der Waals surface area contributed by atoms with E-state index >= 15 is 0 Å². The highest BCUT2D eigenvalue weighted by molar-refractivity contribution is 9.10. The van der Waals surface area contributed by atoms with Gasteiger partial charge in [0.2, 0.25) is 5.91 Å². The second-order valence-corrected chi connectivity index (χ2v) is 5.08. The third-order valence-corrected chi connectivity index (χ3v) is 3.45. The minimum absolute atomic E-state index is 0.229. The standard InChI is InChI=1S/C13H10BrN3O2/c14-11-4-1-8-7-9(2-3-10(8)15-11)17-6-5-12(18)16-13(17)19/h1-4,7H,5-6H2,(H,16,18,19). The molecular weight excluding hydrogens is 310 g/mol. The lowest BCUT2D eigenvalue weighted by Gasteiger charge is -2.26.